The number of non-ortho nitro benzene ring substituents is 1. The monoisotopic (exact) mass is 376 g/mol. The van der Waals surface area contributed by atoms with Gasteiger partial charge in [-0.3, -0.25) is 10.1 Å². The number of thiazole rings is 1. The van der Waals surface area contributed by atoms with E-state index in [-0.39, 0.29) is 10.6 Å². The van der Waals surface area contributed by atoms with Gasteiger partial charge in [0.25, 0.3) is 10.5 Å². The largest absolute Gasteiger partial charge is 0.277 e. The van der Waals surface area contributed by atoms with E-state index in [1.807, 2.05) is 28.2 Å². The third-order valence-electron chi connectivity index (χ3n) is 2.55. The average Bonchev–Trinajstić information content (AvgIpc) is 2.82. The van der Waals surface area contributed by atoms with E-state index in [0.717, 1.165) is 10.2 Å². The summed E-state index contributed by atoms with van der Waals surface area (Å²) >= 11 is 1.58. The molecule has 3 aromatic rings. The maximum Gasteiger partial charge on any atom is 0.277 e. The molecular weight excluding hydrogens is 369 g/mol. The van der Waals surface area contributed by atoms with Crippen LogP contribution in [0.4, 0.5) is 30.9 Å². The van der Waals surface area contributed by atoms with Crippen molar-refractivity contribution in [3.05, 3.63) is 52.2 Å². The molecule has 0 spiro atoms. The van der Waals surface area contributed by atoms with Gasteiger partial charge in [0.15, 0.2) is 12.4 Å². The standard InChI is InChI=1S/C11H7N2O2S.F6P/c14-13(15)10-3-1-2-9-8(10)4-5-12-6-7-16-11(9)12;1-7(2,3,4,5)6/h1-7H;/q+1;-1. The molecule has 0 radical (unpaired) electrons. The summed E-state index contributed by atoms with van der Waals surface area (Å²) in [6.07, 6.45) is 3.79. The second-order valence-corrected chi connectivity index (χ2v) is 7.20. The average molecular weight is 376 g/mol. The number of halogens is 6. The fourth-order valence-electron chi connectivity index (χ4n) is 1.84. The Morgan fingerprint density at radius 2 is 1.61 bits per heavy atom. The molecule has 0 unspecified atom stereocenters. The molecule has 2 heterocycles. The van der Waals surface area contributed by atoms with Crippen molar-refractivity contribution in [2.75, 3.05) is 0 Å². The van der Waals surface area contributed by atoms with Crippen LogP contribution < -0.4 is 4.40 Å². The Bertz CT molecular complexity index is 898. The summed E-state index contributed by atoms with van der Waals surface area (Å²) < 4.78 is 61.2. The molecule has 23 heavy (non-hydrogen) atoms. The van der Waals surface area contributed by atoms with E-state index in [1.54, 1.807) is 23.5 Å². The molecule has 0 aliphatic carbocycles. The fourth-order valence-corrected chi connectivity index (χ4v) is 2.71. The van der Waals surface area contributed by atoms with Crippen molar-refractivity contribution in [2.24, 2.45) is 0 Å². The van der Waals surface area contributed by atoms with E-state index < -0.39 is 7.81 Å². The predicted molar refractivity (Wildman–Crippen MR) is 75.2 cm³/mol. The zero-order valence-electron chi connectivity index (χ0n) is 10.9. The second-order valence-electron chi connectivity index (χ2n) is 4.38. The molecule has 1 aromatic carbocycles. The van der Waals surface area contributed by atoms with Crippen LogP contribution in [-0.4, -0.2) is 4.92 Å². The van der Waals surface area contributed by atoms with Gasteiger partial charge in [-0.25, -0.2) is 0 Å². The third kappa shape index (κ3) is 5.29. The minimum atomic E-state index is -10.7. The number of fused-ring (bicyclic) bond motifs is 3. The van der Waals surface area contributed by atoms with Gasteiger partial charge in [-0.15, -0.1) is 0 Å². The van der Waals surface area contributed by atoms with Crippen molar-refractivity contribution in [1.82, 2.24) is 0 Å². The molecule has 2 aromatic heterocycles. The molecule has 0 saturated carbocycles. The van der Waals surface area contributed by atoms with Crippen LogP contribution in [0.25, 0.3) is 15.6 Å². The Kier molecular flexibility index (Phi) is 3.58. The van der Waals surface area contributed by atoms with Crippen LogP contribution in [-0.2, 0) is 0 Å². The molecule has 0 N–H and O–H groups in total. The number of pyridine rings is 1. The van der Waals surface area contributed by atoms with Crippen molar-refractivity contribution in [3.63, 3.8) is 0 Å². The van der Waals surface area contributed by atoms with Crippen LogP contribution in [0.3, 0.4) is 0 Å². The molecule has 3 rings (SSSR count). The topological polar surface area (TPSA) is 47.2 Å². The first kappa shape index (κ1) is 17.4. The summed E-state index contributed by atoms with van der Waals surface area (Å²) in [6, 6.07) is 6.95. The predicted octanol–water partition coefficient (Wildman–Crippen LogP) is 5.93. The molecule has 0 fully saturated rings. The summed E-state index contributed by atoms with van der Waals surface area (Å²) in [5.74, 6) is 0. The number of aromatic nitrogens is 1. The van der Waals surface area contributed by atoms with Crippen molar-refractivity contribution in [2.45, 2.75) is 0 Å². The first-order chi connectivity index (χ1) is 10.2. The summed E-state index contributed by atoms with van der Waals surface area (Å²) in [7, 11) is -10.7. The number of benzene rings is 1. The van der Waals surface area contributed by atoms with Gasteiger partial charge in [-0.2, -0.15) is 4.40 Å². The maximum atomic E-state index is 10.9. The zero-order valence-corrected chi connectivity index (χ0v) is 12.6. The van der Waals surface area contributed by atoms with Crippen LogP contribution in [0.15, 0.2) is 42.0 Å². The number of nitrogens with zero attached hydrogens (tertiary/aromatic N) is 2. The Balaban J connectivity index is 0.000000236. The second kappa shape index (κ2) is 4.75. The molecule has 126 valence electrons. The van der Waals surface area contributed by atoms with Gasteiger partial charge in [0.05, 0.1) is 21.1 Å². The van der Waals surface area contributed by atoms with E-state index in [0.29, 0.717) is 5.39 Å². The van der Waals surface area contributed by atoms with Crippen LogP contribution in [0.2, 0.25) is 0 Å². The maximum absolute atomic E-state index is 10.9. The zero-order chi connectivity index (χ0) is 17.5. The molecule has 0 atom stereocenters. The summed E-state index contributed by atoms with van der Waals surface area (Å²) in [6.45, 7) is 0. The van der Waals surface area contributed by atoms with Gasteiger partial charge in [0.1, 0.15) is 0 Å². The number of hydrogen-bond donors (Lipinski definition) is 0. The normalized spacial score (nSPS) is 14.7. The Morgan fingerprint density at radius 1 is 1.00 bits per heavy atom. The van der Waals surface area contributed by atoms with Crippen LogP contribution in [0.1, 0.15) is 0 Å². The van der Waals surface area contributed by atoms with E-state index in [2.05, 4.69) is 0 Å². The number of nitro groups is 1. The minimum Gasteiger partial charge on any atom is -0.258 e. The van der Waals surface area contributed by atoms with Crippen LogP contribution in [0, 0.1) is 10.1 Å². The van der Waals surface area contributed by atoms with Crippen molar-refractivity contribution in [1.29, 1.82) is 0 Å². The first-order valence-electron chi connectivity index (χ1n) is 5.73. The Labute approximate surface area is 128 Å². The number of nitro benzene ring substituents is 1. The third-order valence-corrected chi connectivity index (χ3v) is 3.46. The molecule has 0 aliphatic rings. The molecule has 0 amide bonds. The quantitative estimate of drug-likeness (QED) is 0.174. The molecule has 12 heteroatoms. The Hall–Kier alpha value is -2.00. The fraction of sp³-hybridized carbons (Fsp3) is 0. The molecule has 0 aliphatic heterocycles. The van der Waals surface area contributed by atoms with Gasteiger partial charge in [0.2, 0.25) is 0 Å². The van der Waals surface area contributed by atoms with Crippen molar-refractivity contribution >= 4 is 40.4 Å². The SMILES string of the molecule is F[P-](F)(F)(F)(F)F.O=[N+]([O-])c1cccc2c1cc[n+]1ccsc21. The Morgan fingerprint density at radius 3 is 2.17 bits per heavy atom. The first-order valence-corrected chi connectivity index (χ1v) is 8.64. The van der Waals surface area contributed by atoms with Gasteiger partial charge in [-0.1, -0.05) is 17.4 Å². The van der Waals surface area contributed by atoms with Gasteiger partial charge in [-0.05, 0) is 6.07 Å². The number of rotatable bonds is 1. The summed E-state index contributed by atoms with van der Waals surface area (Å²) in [4.78, 5) is 11.6. The summed E-state index contributed by atoms with van der Waals surface area (Å²) in [5, 5.41) is 14.5. The van der Waals surface area contributed by atoms with Gasteiger partial charge in [0, 0.05) is 12.1 Å². The van der Waals surface area contributed by atoms with E-state index >= 15 is 0 Å². The van der Waals surface area contributed by atoms with Crippen LogP contribution in [0.5, 0.6) is 0 Å². The smallest absolute Gasteiger partial charge is 0.258 e. The molecule has 0 bridgehead atoms. The van der Waals surface area contributed by atoms with Gasteiger partial charge < -0.3 is 0 Å². The summed E-state index contributed by atoms with van der Waals surface area (Å²) in [5.41, 5.74) is 0.161. The van der Waals surface area contributed by atoms with E-state index in [1.165, 1.54) is 6.07 Å². The number of hydrogen-bond acceptors (Lipinski definition) is 3. The van der Waals surface area contributed by atoms with E-state index in [9.17, 15) is 35.3 Å². The molecular formula is C11H7F6N2O2PS. The minimum absolute atomic E-state index is 0.161. The van der Waals surface area contributed by atoms with Gasteiger partial charge >= 0.3 is 33.0 Å². The molecule has 0 saturated heterocycles. The van der Waals surface area contributed by atoms with Crippen molar-refractivity contribution < 1.29 is 34.5 Å². The van der Waals surface area contributed by atoms with E-state index in [4.69, 9.17) is 0 Å². The molecule has 4 nitrogen and oxygen atoms in total. The van der Waals surface area contributed by atoms with Crippen LogP contribution >= 0.6 is 19.1 Å². The van der Waals surface area contributed by atoms with Crippen molar-refractivity contribution in [3.8, 4) is 0 Å².